The zero-order valence-corrected chi connectivity index (χ0v) is 14.2. The fourth-order valence-corrected chi connectivity index (χ4v) is 3.75. The van der Waals surface area contributed by atoms with Crippen LogP contribution in [0.5, 0.6) is 0 Å². The molecule has 4 nitrogen and oxygen atoms in total. The van der Waals surface area contributed by atoms with Gasteiger partial charge in [-0.1, -0.05) is 25.8 Å². The molecule has 5 heteroatoms. The monoisotopic (exact) mass is 323 g/mol. The molecule has 22 heavy (non-hydrogen) atoms. The Morgan fingerprint density at radius 1 is 1.41 bits per heavy atom. The van der Waals surface area contributed by atoms with Gasteiger partial charge in [0.25, 0.3) is 0 Å². The highest BCUT2D eigenvalue weighted by atomic mass is 32.1. The molecule has 3 unspecified atom stereocenters. The molecule has 1 saturated carbocycles. The molecule has 1 N–H and O–H groups in total. The second-order valence-electron chi connectivity index (χ2n) is 5.94. The van der Waals surface area contributed by atoms with Gasteiger partial charge in [0.05, 0.1) is 23.9 Å². The SMILES string of the molecule is CCOC(=O)CC(NC1CCCCC1C)C(=O)c1cccs1. The Morgan fingerprint density at radius 2 is 2.18 bits per heavy atom. The van der Waals surface area contributed by atoms with Crippen LogP contribution < -0.4 is 5.32 Å². The van der Waals surface area contributed by atoms with Crippen LogP contribution in [0.25, 0.3) is 0 Å². The number of esters is 1. The van der Waals surface area contributed by atoms with E-state index < -0.39 is 6.04 Å². The average molecular weight is 323 g/mol. The molecule has 1 heterocycles. The van der Waals surface area contributed by atoms with Crippen LogP contribution in [0.2, 0.25) is 0 Å². The first-order valence-corrected chi connectivity index (χ1v) is 8.99. The van der Waals surface area contributed by atoms with E-state index in [2.05, 4.69) is 12.2 Å². The van der Waals surface area contributed by atoms with E-state index in [-0.39, 0.29) is 18.2 Å². The van der Waals surface area contributed by atoms with Crippen LogP contribution in [0.3, 0.4) is 0 Å². The molecular formula is C17H25NO3S. The number of ketones is 1. The minimum absolute atomic E-state index is 0.000765. The smallest absolute Gasteiger partial charge is 0.307 e. The van der Waals surface area contributed by atoms with Gasteiger partial charge < -0.3 is 10.1 Å². The molecule has 0 aliphatic heterocycles. The molecule has 0 bridgehead atoms. The van der Waals surface area contributed by atoms with Crippen LogP contribution in [0.1, 0.15) is 55.6 Å². The predicted octanol–water partition coefficient (Wildman–Crippen LogP) is 3.42. The molecule has 0 amide bonds. The molecule has 0 spiro atoms. The third-order valence-electron chi connectivity index (χ3n) is 4.28. The summed E-state index contributed by atoms with van der Waals surface area (Å²) < 4.78 is 5.03. The molecule has 1 aromatic rings. The molecule has 1 aromatic heterocycles. The molecule has 1 aliphatic carbocycles. The van der Waals surface area contributed by atoms with Crippen molar-refractivity contribution < 1.29 is 14.3 Å². The summed E-state index contributed by atoms with van der Waals surface area (Å²) in [6.45, 7) is 4.34. The Balaban J connectivity index is 2.06. The molecule has 0 radical (unpaired) electrons. The number of carbonyl (C=O) groups excluding carboxylic acids is 2. The van der Waals surface area contributed by atoms with Crippen molar-refractivity contribution in [3.8, 4) is 0 Å². The van der Waals surface area contributed by atoms with E-state index in [1.165, 1.54) is 30.6 Å². The van der Waals surface area contributed by atoms with Crippen LogP contribution in [-0.2, 0) is 9.53 Å². The summed E-state index contributed by atoms with van der Waals surface area (Å²) in [7, 11) is 0. The van der Waals surface area contributed by atoms with E-state index in [9.17, 15) is 9.59 Å². The molecule has 3 atom stereocenters. The molecular weight excluding hydrogens is 298 g/mol. The normalized spacial score (nSPS) is 23.0. The van der Waals surface area contributed by atoms with Crippen molar-refractivity contribution in [1.29, 1.82) is 0 Å². The van der Waals surface area contributed by atoms with E-state index in [1.54, 1.807) is 6.92 Å². The first-order chi connectivity index (χ1) is 10.6. The van der Waals surface area contributed by atoms with Gasteiger partial charge in [-0.2, -0.15) is 0 Å². The van der Waals surface area contributed by atoms with Crippen molar-refractivity contribution in [3.05, 3.63) is 22.4 Å². The van der Waals surface area contributed by atoms with Crippen LogP contribution in [0, 0.1) is 5.92 Å². The largest absolute Gasteiger partial charge is 0.466 e. The Morgan fingerprint density at radius 3 is 2.82 bits per heavy atom. The van der Waals surface area contributed by atoms with Gasteiger partial charge in [0, 0.05) is 6.04 Å². The van der Waals surface area contributed by atoms with Gasteiger partial charge in [0.15, 0.2) is 5.78 Å². The van der Waals surface area contributed by atoms with Crippen molar-refractivity contribution in [2.75, 3.05) is 6.61 Å². The Hall–Kier alpha value is -1.20. The molecule has 2 rings (SSSR count). The average Bonchev–Trinajstić information content (AvgIpc) is 3.02. The number of hydrogen-bond donors (Lipinski definition) is 1. The van der Waals surface area contributed by atoms with Crippen LogP contribution in [0.4, 0.5) is 0 Å². The fourth-order valence-electron chi connectivity index (χ4n) is 3.03. The Bertz CT molecular complexity index is 486. The maximum Gasteiger partial charge on any atom is 0.307 e. The summed E-state index contributed by atoms with van der Waals surface area (Å²) in [5.41, 5.74) is 0. The topological polar surface area (TPSA) is 55.4 Å². The molecule has 0 saturated heterocycles. The fraction of sp³-hybridized carbons (Fsp3) is 0.647. The van der Waals surface area contributed by atoms with E-state index in [1.807, 2.05) is 17.5 Å². The number of carbonyl (C=O) groups is 2. The first kappa shape index (κ1) is 17.2. The number of rotatable bonds is 7. The quantitative estimate of drug-likeness (QED) is 0.617. The highest BCUT2D eigenvalue weighted by molar-refractivity contribution is 7.12. The summed E-state index contributed by atoms with van der Waals surface area (Å²) in [5, 5.41) is 5.33. The standard InChI is InChI=1S/C17H25NO3S/c1-3-21-16(19)11-14(17(20)15-9-6-10-22-15)18-13-8-5-4-7-12(13)2/h6,9-10,12-14,18H,3-5,7-8,11H2,1-2H3. The lowest BCUT2D eigenvalue weighted by molar-refractivity contribution is -0.143. The zero-order chi connectivity index (χ0) is 15.9. The summed E-state index contributed by atoms with van der Waals surface area (Å²) in [4.78, 5) is 25.2. The third kappa shape index (κ3) is 4.65. The number of hydrogen-bond acceptors (Lipinski definition) is 5. The lowest BCUT2D eigenvalue weighted by Gasteiger charge is -2.32. The summed E-state index contributed by atoms with van der Waals surface area (Å²) >= 11 is 1.42. The number of nitrogens with one attached hydrogen (secondary N) is 1. The maximum absolute atomic E-state index is 12.7. The van der Waals surface area contributed by atoms with Gasteiger partial charge in [-0.3, -0.25) is 9.59 Å². The summed E-state index contributed by atoms with van der Waals surface area (Å²) in [6, 6.07) is 3.50. The second kappa shape index (κ2) is 8.44. The Kier molecular flexibility index (Phi) is 6.58. The van der Waals surface area contributed by atoms with Gasteiger partial charge in [-0.25, -0.2) is 0 Å². The van der Waals surface area contributed by atoms with Crippen LogP contribution in [0.15, 0.2) is 17.5 Å². The molecule has 0 aromatic carbocycles. The van der Waals surface area contributed by atoms with Crippen molar-refractivity contribution in [1.82, 2.24) is 5.32 Å². The van der Waals surface area contributed by atoms with Gasteiger partial charge >= 0.3 is 5.97 Å². The number of thiophene rings is 1. The lowest BCUT2D eigenvalue weighted by atomic mass is 9.85. The van der Waals surface area contributed by atoms with Gasteiger partial charge in [-0.15, -0.1) is 11.3 Å². The lowest BCUT2D eigenvalue weighted by Crippen LogP contribution is -2.48. The summed E-state index contributed by atoms with van der Waals surface area (Å²) in [6.07, 6.45) is 4.78. The minimum atomic E-state index is -0.483. The van der Waals surface area contributed by atoms with E-state index in [0.717, 1.165) is 6.42 Å². The highest BCUT2D eigenvalue weighted by Crippen LogP contribution is 2.25. The number of Topliss-reactive ketones (excluding diaryl/α,β-unsaturated/α-hetero) is 1. The predicted molar refractivity (Wildman–Crippen MR) is 88.2 cm³/mol. The molecule has 122 valence electrons. The second-order valence-corrected chi connectivity index (χ2v) is 6.89. The van der Waals surface area contributed by atoms with Crippen LogP contribution >= 0.6 is 11.3 Å². The first-order valence-electron chi connectivity index (χ1n) is 8.11. The molecule has 1 aliphatic rings. The zero-order valence-electron chi connectivity index (χ0n) is 13.3. The minimum Gasteiger partial charge on any atom is -0.466 e. The van der Waals surface area contributed by atoms with E-state index in [4.69, 9.17) is 4.74 Å². The van der Waals surface area contributed by atoms with Gasteiger partial charge in [-0.05, 0) is 37.1 Å². The van der Waals surface area contributed by atoms with Crippen molar-refractivity contribution >= 4 is 23.1 Å². The number of ether oxygens (including phenoxy) is 1. The van der Waals surface area contributed by atoms with Gasteiger partial charge in [0.2, 0.25) is 0 Å². The van der Waals surface area contributed by atoms with Crippen molar-refractivity contribution in [2.45, 2.75) is 58.0 Å². The van der Waals surface area contributed by atoms with Gasteiger partial charge in [0.1, 0.15) is 0 Å². The Labute approximate surface area is 136 Å². The maximum atomic E-state index is 12.7. The van der Waals surface area contributed by atoms with E-state index in [0.29, 0.717) is 23.4 Å². The third-order valence-corrected chi connectivity index (χ3v) is 5.17. The van der Waals surface area contributed by atoms with Crippen LogP contribution in [-0.4, -0.2) is 30.4 Å². The van der Waals surface area contributed by atoms with E-state index >= 15 is 0 Å². The van der Waals surface area contributed by atoms with Crippen molar-refractivity contribution in [2.24, 2.45) is 5.92 Å². The highest BCUT2D eigenvalue weighted by Gasteiger charge is 2.30. The molecule has 1 fully saturated rings. The summed E-state index contributed by atoms with van der Waals surface area (Å²) in [5.74, 6) is 0.226. The van der Waals surface area contributed by atoms with Crippen molar-refractivity contribution in [3.63, 3.8) is 0 Å².